The molecule has 2 N–H and O–H groups in total. The van der Waals surface area contributed by atoms with E-state index in [1.54, 1.807) is 12.2 Å². The van der Waals surface area contributed by atoms with Crippen molar-refractivity contribution in [2.45, 2.75) is 98.2 Å². The van der Waals surface area contributed by atoms with Crippen molar-refractivity contribution in [3.05, 3.63) is 97.1 Å². The number of aliphatic hydroxyl groups excluding tert-OH is 1. The van der Waals surface area contributed by atoms with Crippen LogP contribution in [0.5, 0.6) is 0 Å². The van der Waals surface area contributed by atoms with E-state index in [1.165, 1.54) is 12.0 Å². The summed E-state index contributed by atoms with van der Waals surface area (Å²) in [6.45, 7) is 7.56. The number of likely N-dealkylation sites (tertiary alicyclic amines) is 1. The summed E-state index contributed by atoms with van der Waals surface area (Å²) in [5.74, 6) is -3.79. The van der Waals surface area contributed by atoms with Crippen LogP contribution in [0.4, 0.5) is 0 Å². The Labute approximate surface area is 326 Å². The third-order valence-electron chi connectivity index (χ3n) is 11.6. The zero-order valence-corrected chi connectivity index (χ0v) is 32.5. The van der Waals surface area contributed by atoms with Gasteiger partial charge >= 0.3 is 5.97 Å². The predicted octanol–water partition coefficient (Wildman–Crippen LogP) is 5.20. The van der Waals surface area contributed by atoms with Crippen LogP contribution >= 0.6 is 15.9 Å². The average molecular weight is 807 g/mol. The van der Waals surface area contributed by atoms with Crippen LogP contribution in [-0.4, -0.2) is 100 Å². The van der Waals surface area contributed by atoms with Gasteiger partial charge in [0.25, 0.3) is 0 Å². The van der Waals surface area contributed by atoms with E-state index >= 15 is 9.59 Å². The number of hydrogen-bond acceptors (Lipinski definition) is 8. The molecule has 12 heteroatoms. The number of fused-ring (bicyclic) bond motifs is 1. The lowest BCUT2D eigenvalue weighted by atomic mass is 9.70. The van der Waals surface area contributed by atoms with E-state index < -0.39 is 66.3 Å². The number of esters is 1. The maximum absolute atomic E-state index is 15.2. The van der Waals surface area contributed by atoms with Crippen molar-refractivity contribution < 1.29 is 38.5 Å². The third kappa shape index (κ3) is 7.67. The first-order chi connectivity index (χ1) is 26.2. The molecule has 11 nitrogen and oxygen atoms in total. The number of alkyl halides is 1. The van der Waals surface area contributed by atoms with Gasteiger partial charge in [0.2, 0.25) is 17.7 Å². The van der Waals surface area contributed by atoms with Crippen molar-refractivity contribution in [3.8, 4) is 0 Å². The van der Waals surface area contributed by atoms with Gasteiger partial charge in [-0.1, -0.05) is 108 Å². The Hall–Kier alpha value is -3.84. The molecule has 2 aromatic carbocycles. The summed E-state index contributed by atoms with van der Waals surface area (Å²) in [6, 6.07) is 15.5. The van der Waals surface area contributed by atoms with Crippen LogP contribution in [0.25, 0.3) is 0 Å². The van der Waals surface area contributed by atoms with Crippen molar-refractivity contribution in [2.24, 2.45) is 11.8 Å². The molecule has 3 aliphatic heterocycles. The van der Waals surface area contributed by atoms with E-state index in [0.717, 1.165) is 32.1 Å². The van der Waals surface area contributed by atoms with E-state index in [2.05, 4.69) is 34.4 Å². The Bertz CT molecular complexity index is 1660. The topological polar surface area (TPSA) is 135 Å². The smallest absolute Gasteiger partial charge is 0.313 e. The fourth-order valence-electron chi connectivity index (χ4n) is 9.21. The highest BCUT2D eigenvalue weighted by atomic mass is 79.9. The molecule has 54 heavy (non-hydrogen) atoms. The van der Waals surface area contributed by atoms with E-state index in [4.69, 9.17) is 14.2 Å². The summed E-state index contributed by atoms with van der Waals surface area (Å²) in [5, 5.41) is 13.9. The molecule has 1 saturated carbocycles. The van der Waals surface area contributed by atoms with Crippen molar-refractivity contribution >= 4 is 39.6 Å². The average Bonchev–Trinajstić information content (AvgIpc) is 3.79. The van der Waals surface area contributed by atoms with E-state index in [-0.39, 0.29) is 35.7 Å². The van der Waals surface area contributed by atoms with E-state index in [1.807, 2.05) is 65.6 Å². The standard InChI is InChI=1S/C42H52BrN3O8/c1-4-6-22-33(48)44-31(26-52-3)36(28-18-12-8-13-19-28)53-41(51)34-35-39(49)46(32(25-47)27-16-10-7-11-17-27)38(42(35)24-30(43)37(34)54-42)40(50)45(23-5-2)29-20-14-9-15-21-29/h4-5,7-8,10-13,16-19,29-32,34-38,47H,1-2,6,9,14-15,20-26H2,3H3,(H,44,48)/t30?,31-,32-,34+,35-,36-,37+,38+,42-/m1/s1. The highest BCUT2D eigenvalue weighted by molar-refractivity contribution is 9.09. The number of nitrogens with zero attached hydrogens (tertiary/aromatic N) is 2. The van der Waals surface area contributed by atoms with E-state index in [0.29, 0.717) is 30.5 Å². The zero-order valence-electron chi connectivity index (χ0n) is 30.9. The SMILES string of the molecule is C=CCCC(=O)N[C@H](COC)[C@H](OC(=O)[C@@H]1[C@H]2O[C@@]3(CC2Br)[C@H](C(=O)N(CC=C)C2CCCCC2)N([C@H](CO)c2ccccc2)C(=O)[C@@H]13)c1ccccc1. The largest absolute Gasteiger partial charge is 0.455 e. The third-order valence-corrected chi connectivity index (χ3v) is 12.4. The Morgan fingerprint density at radius 2 is 1.72 bits per heavy atom. The number of ether oxygens (including phenoxy) is 3. The number of aliphatic hydroxyl groups is 1. The lowest BCUT2D eigenvalue weighted by molar-refractivity contribution is -0.163. The molecule has 1 spiro atoms. The molecule has 0 aromatic heterocycles. The molecule has 0 radical (unpaired) electrons. The molecule has 2 bridgehead atoms. The van der Waals surface area contributed by atoms with Crippen LogP contribution in [0.2, 0.25) is 0 Å². The van der Waals surface area contributed by atoms with Crippen LogP contribution < -0.4 is 5.32 Å². The monoisotopic (exact) mass is 805 g/mol. The Morgan fingerprint density at radius 1 is 1.06 bits per heavy atom. The first-order valence-electron chi connectivity index (χ1n) is 19.1. The molecule has 290 valence electrons. The Balaban J connectivity index is 1.40. The fourth-order valence-corrected chi connectivity index (χ4v) is 10.2. The normalized spacial score (nSPS) is 27.8. The van der Waals surface area contributed by atoms with Gasteiger partial charge in [0, 0.05) is 30.9 Å². The minimum absolute atomic E-state index is 0.0360. The summed E-state index contributed by atoms with van der Waals surface area (Å²) in [6.07, 6.45) is 7.37. The van der Waals surface area contributed by atoms with E-state index in [9.17, 15) is 14.7 Å². The van der Waals surface area contributed by atoms with Gasteiger partial charge in [-0.15, -0.1) is 13.2 Å². The minimum Gasteiger partial charge on any atom is -0.455 e. The van der Waals surface area contributed by atoms with Crippen molar-refractivity contribution in [1.82, 2.24) is 15.1 Å². The van der Waals surface area contributed by atoms with Gasteiger partial charge in [-0.05, 0) is 36.8 Å². The molecule has 1 aliphatic carbocycles. The Kier molecular flexibility index (Phi) is 13.1. The molecule has 4 aliphatic rings. The van der Waals surface area contributed by atoms with Crippen LogP contribution in [0.3, 0.4) is 0 Å². The molecule has 3 heterocycles. The molecule has 9 atom stereocenters. The maximum atomic E-state index is 15.2. The van der Waals surface area contributed by atoms with Crippen LogP contribution in [0, 0.1) is 11.8 Å². The van der Waals surface area contributed by atoms with Crippen molar-refractivity contribution in [1.29, 1.82) is 0 Å². The van der Waals surface area contributed by atoms with Crippen LogP contribution in [0.15, 0.2) is 86.0 Å². The first-order valence-corrected chi connectivity index (χ1v) is 20.0. The summed E-state index contributed by atoms with van der Waals surface area (Å²) in [7, 11) is 1.51. The van der Waals surface area contributed by atoms with Crippen LogP contribution in [0.1, 0.15) is 74.6 Å². The molecule has 6 rings (SSSR count). The number of halogens is 1. The second-order valence-corrected chi connectivity index (χ2v) is 16.0. The number of hydrogen-bond donors (Lipinski definition) is 2. The predicted molar refractivity (Wildman–Crippen MR) is 206 cm³/mol. The first kappa shape index (κ1) is 39.8. The van der Waals surface area contributed by atoms with Gasteiger partial charge in [0.1, 0.15) is 17.7 Å². The summed E-state index contributed by atoms with van der Waals surface area (Å²) in [4.78, 5) is 61.0. The number of carbonyl (C=O) groups excluding carboxylic acids is 4. The fraction of sp³-hybridized carbons (Fsp3) is 0.524. The second-order valence-electron chi connectivity index (χ2n) is 14.8. The van der Waals surface area contributed by atoms with Gasteiger partial charge in [-0.2, -0.15) is 0 Å². The number of methoxy groups -OCH3 is 1. The molecular weight excluding hydrogens is 754 g/mol. The van der Waals surface area contributed by atoms with Gasteiger partial charge in [-0.3, -0.25) is 19.2 Å². The van der Waals surface area contributed by atoms with Gasteiger partial charge in [-0.25, -0.2) is 0 Å². The maximum Gasteiger partial charge on any atom is 0.313 e. The van der Waals surface area contributed by atoms with Gasteiger partial charge < -0.3 is 34.4 Å². The summed E-state index contributed by atoms with van der Waals surface area (Å²) in [5.41, 5.74) is -0.0752. The Morgan fingerprint density at radius 3 is 2.33 bits per heavy atom. The highest BCUT2D eigenvalue weighted by Crippen LogP contribution is 2.61. The minimum atomic E-state index is -1.37. The summed E-state index contributed by atoms with van der Waals surface area (Å²) < 4.78 is 18.7. The molecule has 3 amide bonds. The lowest BCUT2D eigenvalue weighted by Crippen LogP contribution is -2.59. The number of nitrogens with one attached hydrogen (secondary N) is 1. The number of rotatable bonds is 17. The van der Waals surface area contributed by atoms with Gasteiger partial charge in [0.05, 0.1) is 43.2 Å². The summed E-state index contributed by atoms with van der Waals surface area (Å²) >= 11 is 3.78. The second kappa shape index (κ2) is 17.7. The molecule has 4 fully saturated rings. The molecule has 1 unspecified atom stereocenters. The van der Waals surface area contributed by atoms with Gasteiger partial charge in [0.15, 0.2) is 0 Å². The highest BCUT2D eigenvalue weighted by Gasteiger charge is 2.78. The lowest BCUT2D eigenvalue weighted by Gasteiger charge is -2.42. The number of benzene rings is 2. The zero-order chi connectivity index (χ0) is 38.4. The van der Waals surface area contributed by atoms with Crippen molar-refractivity contribution in [2.75, 3.05) is 26.9 Å². The molecule has 2 aromatic rings. The quantitative estimate of drug-likeness (QED) is 0.127. The molecule has 3 saturated heterocycles. The van der Waals surface area contributed by atoms with Crippen molar-refractivity contribution in [3.63, 3.8) is 0 Å². The molecular formula is C42H52BrN3O8. The number of allylic oxidation sites excluding steroid dienone is 1. The number of carbonyl (C=O) groups is 4. The van der Waals surface area contributed by atoms with Crippen LogP contribution in [-0.2, 0) is 33.4 Å². The number of amides is 3.